The van der Waals surface area contributed by atoms with E-state index in [9.17, 15) is 0 Å². The Morgan fingerprint density at radius 1 is 1.04 bits per heavy atom. The topological polar surface area (TPSA) is 101 Å². The molecule has 0 saturated carbocycles. The SMILES string of the molecule is C1CC(c2n[nH]c(C3CCOCC3)n2)CN(C2CCOCC2)C1.O=CO. The first-order valence-corrected chi connectivity index (χ1v) is 9.71. The molecule has 0 radical (unpaired) electrons. The van der Waals surface area contributed by atoms with E-state index in [-0.39, 0.29) is 6.47 Å². The number of carboxylic acid groups (broad SMARTS) is 1. The number of carbonyl (C=O) groups is 1. The number of piperidine rings is 1. The minimum atomic E-state index is -0.250. The van der Waals surface area contributed by atoms with Gasteiger partial charge in [0.25, 0.3) is 6.47 Å². The maximum absolute atomic E-state index is 8.36. The van der Waals surface area contributed by atoms with Crippen molar-refractivity contribution in [2.45, 2.75) is 56.4 Å². The van der Waals surface area contributed by atoms with Crippen LogP contribution >= 0.6 is 0 Å². The van der Waals surface area contributed by atoms with Gasteiger partial charge in [0.05, 0.1) is 0 Å². The summed E-state index contributed by atoms with van der Waals surface area (Å²) < 4.78 is 11.0. The van der Waals surface area contributed by atoms with Crippen LogP contribution in [0.1, 0.15) is 62.0 Å². The van der Waals surface area contributed by atoms with Crippen molar-refractivity contribution >= 4 is 6.47 Å². The van der Waals surface area contributed by atoms with E-state index in [1.54, 1.807) is 0 Å². The third-order valence-electron chi connectivity index (χ3n) is 5.65. The molecule has 0 bridgehead atoms. The van der Waals surface area contributed by atoms with Crippen molar-refractivity contribution in [1.29, 1.82) is 0 Å². The Bertz CT molecular complexity index is 541. The van der Waals surface area contributed by atoms with E-state index in [0.29, 0.717) is 17.9 Å². The zero-order chi connectivity index (χ0) is 18.2. The summed E-state index contributed by atoms with van der Waals surface area (Å²) in [6.45, 7) is 5.61. The summed E-state index contributed by atoms with van der Waals surface area (Å²) in [4.78, 5) is 15.9. The van der Waals surface area contributed by atoms with Crippen LogP contribution < -0.4 is 0 Å². The van der Waals surface area contributed by atoms with Crippen LogP contribution in [0.4, 0.5) is 0 Å². The minimum Gasteiger partial charge on any atom is -0.483 e. The number of aromatic nitrogens is 3. The highest BCUT2D eigenvalue weighted by Crippen LogP contribution is 2.30. The van der Waals surface area contributed by atoms with Crippen molar-refractivity contribution in [2.75, 3.05) is 39.5 Å². The molecule has 3 saturated heterocycles. The highest BCUT2D eigenvalue weighted by molar-refractivity contribution is 5.32. The molecular formula is C18H30N4O4. The molecule has 26 heavy (non-hydrogen) atoms. The van der Waals surface area contributed by atoms with Gasteiger partial charge in [0.1, 0.15) is 5.82 Å². The molecule has 0 amide bonds. The second kappa shape index (κ2) is 9.99. The Kier molecular flexibility index (Phi) is 7.40. The highest BCUT2D eigenvalue weighted by atomic mass is 16.5. The van der Waals surface area contributed by atoms with Crippen LogP contribution in [0.2, 0.25) is 0 Å². The van der Waals surface area contributed by atoms with E-state index in [4.69, 9.17) is 24.4 Å². The Balaban J connectivity index is 0.000000613. The summed E-state index contributed by atoms with van der Waals surface area (Å²) in [6, 6.07) is 0.695. The molecule has 4 rings (SSSR count). The lowest BCUT2D eigenvalue weighted by Gasteiger charge is -2.39. The molecule has 146 valence electrons. The van der Waals surface area contributed by atoms with Gasteiger partial charge in [-0.1, -0.05) is 0 Å². The molecule has 3 aliphatic rings. The molecule has 4 heterocycles. The second-order valence-corrected chi connectivity index (χ2v) is 7.25. The summed E-state index contributed by atoms with van der Waals surface area (Å²) in [5.74, 6) is 3.09. The first kappa shape index (κ1) is 19.3. The summed E-state index contributed by atoms with van der Waals surface area (Å²) >= 11 is 0. The molecule has 1 unspecified atom stereocenters. The number of nitrogens with one attached hydrogen (secondary N) is 1. The number of nitrogens with zero attached hydrogens (tertiary/aromatic N) is 3. The van der Waals surface area contributed by atoms with Gasteiger partial charge >= 0.3 is 0 Å². The van der Waals surface area contributed by atoms with Crippen LogP contribution in [0.15, 0.2) is 0 Å². The molecule has 3 aliphatic heterocycles. The van der Waals surface area contributed by atoms with Crippen LogP contribution in [0, 0.1) is 0 Å². The van der Waals surface area contributed by atoms with Crippen molar-refractivity contribution in [1.82, 2.24) is 20.1 Å². The molecule has 8 heteroatoms. The van der Waals surface area contributed by atoms with Gasteiger partial charge in [-0.15, -0.1) is 0 Å². The van der Waals surface area contributed by atoms with Crippen LogP contribution in [0.5, 0.6) is 0 Å². The Hall–Kier alpha value is -1.51. The highest BCUT2D eigenvalue weighted by Gasteiger charge is 2.30. The van der Waals surface area contributed by atoms with Gasteiger partial charge in [0.15, 0.2) is 5.82 Å². The molecule has 0 aromatic carbocycles. The number of hydrogen-bond donors (Lipinski definition) is 2. The van der Waals surface area contributed by atoms with Gasteiger partial charge in [-0.25, -0.2) is 4.98 Å². The molecule has 3 fully saturated rings. The lowest BCUT2D eigenvalue weighted by Crippen LogP contribution is -2.44. The minimum absolute atomic E-state index is 0.250. The zero-order valence-corrected chi connectivity index (χ0v) is 15.3. The van der Waals surface area contributed by atoms with E-state index in [2.05, 4.69) is 15.1 Å². The summed E-state index contributed by atoms with van der Waals surface area (Å²) in [5, 5.41) is 14.7. The standard InChI is InChI=1S/C17H28N4O2.CH2O2/c1-2-14(12-21(7-1)15-5-10-23-11-6-15)17-18-16(19-20-17)13-3-8-22-9-4-13;2-1-3/h13-15H,1-12H2,(H,18,19,20);1H,(H,2,3). The monoisotopic (exact) mass is 366 g/mol. The van der Waals surface area contributed by atoms with Gasteiger partial charge in [0, 0.05) is 50.8 Å². The Morgan fingerprint density at radius 2 is 1.69 bits per heavy atom. The summed E-state index contributed by atoms with van der Waals surface area (Å²) in [5.41, 5.74) is 0. The zero-order valence-electron chi connectivity index (χ0n) is 15.3. The Labute approximate surface area is 154 Å². The van der Waals surface area contributed by atoms with Gasteiger partial charge in [-0.05, 0) is 45.1 Å². The number of ether oxygens (including phenoxy) is 2. The van der Waals surface area contributed by atoms with Crippen molar-refractivity contribution in [3.63, 3.8) is 0 Å². The lowest BCUT2D eigenvalue weighted by molar-refractivity contribution is -0.122. The van der Waals surface area contributed by atoms with E-state index in [1.165, 1.54) is 32.2 Å². The van der Waals surface area contributed by atoms with Crippen molar-refractivity contribution < 1.29 is 19.4 Å². The van der Waals surface area contributed by atoms with Gasteiger partial charge in [-0.2, -0.15) is 5.10 Å². The summed E-state index contributed by atoms with van der Waals surface area (Å²) in [6.07, 6.45) is 6.94. The number of aromatic amines is 1. The maximum Gasteiger partial charge on any atom is 0.290 e. The van der Waals surface area contributed by atoms with E-state index >= 15 is 0 Å². The van der Waals surface area contributed by atoms with Crippen molar-refractivity contribution in [2.24, 2.45) is 0 Å². The van der Waals surface area contributed by atoms with E-state index < -0.39 is 0 Å². The number of H-pyrrole nitrogens is 1. The van der Waals surface area contributed by atoms with Crippen molar-refractivity contribution in [3.8, 4) is 0 Å². The largest absolute Gasteiger partial charge is 0.483 e. The molecule has 1 aromatic rings. The first-order valence-electron chi connectivity index (χ1n) is 9.71. The van der Waals surface area contributed by atoms with Crippen molar-refractivity contribution in [3.05, 3.63) is 11.6 Å². The van der Waals surface area contributed by atoms with E-state index in [1.807, 2.05) is 0 Å². The summed E-state index contributed by atoms with van der Waals surface area (Å²) in [7, 11) is 0. The second-order valence-electron chi connectivity index (χ2n) is 7.25. The lowest BCUT2D eigenvalue weighted by atomic mass is 9.94. The molecule has 8 nitrogen and oxygen atoms in total. The van der Waals surface area contributed by atoms with E-state index in [0.717, 1.165) is 57.5 Å². The van der Waals surface area contributed by atoms with Crippen LogP contribution in [0.3, 0.4) is 0 Å². The molecule has 2 N–H and O–H groups in total. The predicted molar refractivity (Wildman–Crippen MR) is 95.3 cm³/mol. The van der Waals surface area contributed by atoms with Gasteiger partial charge < -0.3 is 14.6 Å². The number of hydrogen-bond acceptors (Lipinski definition) is 6. The number of rotatable bonds is 3. The molecule has 0 spiro atoms. The fourth-order valence-electron chi connectivity index (χ4n) is 4.22. The van der Waals surface area contributed by atoms with Crippen LogP contribution in [-0.2, 0) is 14.3 Å². The fraction of sp³-hybridized carbons (Fsp3) is 0.833. The molecule has 1 aromatic heterocycles. The normalized spacial score (nSPS) is 26.1. The van der Waals surface area contributed by atoms with Gasteiger partial charge in [-0.3, -0.25) is 14.8 Å². The quantitative estimate of drug-likeness (QED) is 0.786. The average molecular weight is 366 g/mol. The maximum atomic E-state index is 8.36. The molecular weight excluding hydrogens is 336 g/mol. The predicted octanol–water partition coefficient (Wildman–Crippen LogP) is 1.76. The van der Waals surface area contributed by atoms with Crippen LogP contribution in [-0.4, -0.2) is 77.2 Å². The molecule has 1 atom stereocenters. The first-order chi connectivity index (χ1) is 12.8. The number of likely N-dealkylation sites (tertiary alicyclic amines) is 1. The molecule has 0 aliphatic carbocycles. The average Bonchev–Trinajstić information content (AvgIpc) is 3.20. The third-order valence-corrected chi connectivity index (χ3v) is 5.65. The third kappa shape index (κ3) is 5.02. The fourth-order valence-corrected chi connectivity index (χ4v) is 4.22. The smallest absolute Gasteiger partial charge is 0.290 e. The Morgan fingerprint density at radius 3 is 2.38 bits per heavy atom. The van der Waals surface area contributed by atoms with Gasteiger partial charge in [0.2, 0.25) is 0 Å². The van der Waals surface area contributed by atoms with Crippen LogP contribution in [0.25, 0.3) is 0 Å².